The zero-order valence-electron chi connectivity index (χ0n) is 11.6. The highest BCUT2D eigenvalue weighted by molar-refractivity contribution is 14.0. The number of ether oxygens (including phenoxy) is 1. The van der Waals surface area contributed by atoms with Crippen LogP contribution in [0.15, 0.2) is 34.2 Å². The van der Waals surface area contributed by atoms with Crippen LogP contribution < -0.4 is 11.1 Å². The van der Waals surface area contributed by atoms with Crippen molar-refractivity contribution in [2.75, 3.05) is 20.0 Å². The van der Waals surface area contributed by atoms with Crippen LogP contribution in [0.1, 0.15) is 12.5 Å². The molecule has 0 fully saturated rings. The predicted octanol–water partition coefficient (Wildman–Crippen LogP) is 2.47. The Morgan fingerprint density at radius 1 is 1.42 bits per heavy atom. The molecule has 0 aromatic heterocycles. The number of halogens is 1. The third-order valence-electron chi connectivity index (χ3n) is 2.40. The first-order valence-electron chi connectivity index (χ1n) is 5.84. The fourth-order valence-electron chi connectivity index (χ4n) is 1.50. The largest absolute Gasteiger partial charge is 0.383 e. The van der Waals surface area contributed by atoms with Gasteiger partial charge in [-0.15, -0.1) is 35.7 Å². The number of rotatable bonds is 6. The number of nitrogens with zero attached hydrogens (tertiary/aromatic N) is 1. The summed E-state index contributed by atoms with van der Waals surface area (Å²) >= 11 is 1.73. The van der Waals surface area contributed by atoms with Gasteiger partial charge in [0.2, 0.25) is 0 Å². The van der Waals surface area contributed by atoms with E-state index in [0.29, 0.717) is 19.1 Å². The van der Waals surface area contributed by atoms with Gasteiger partial charge in [-0.1, -0.05) is 12.1 Å². The highest BCUT2D eigenvalue weighted by Gasteiger charge is 2.01. The maximum absolute atomic E-state index is 5.79. The molecule has 4 nitrogen and oxygen atoms in total. The molecule has 0 aliphatic heterocycles. The third kappa shape index (κ3) is 7.64. The van der Waals surface area contributed by atoms with Gasteiger partial charge in [-0.2, -0.15) is 0 Å². The monoisotopic (exact) mass is 395 g/mol. The van der Waals surface area contributed by atoms with E-state index in [1.165, 1.54) is 4.90 Å². The second-order valence-corrected chi connectivity index (χ2v) is 4.93. The van der Waals surface area contributed by atoms with Crippen molar-refractivity contribution in [2.45, 2.75) is 24.4 Å². The van der Waals surface area contributed by atoms with Crippen LogP contribution in [0.25, 0.3) is 0 Å². The standard InChI is InChI=1S/C13H21N3OS.HI/c1-10(9-17-2)16-13(14)15-8-11-4-6-12(18-3)7-5-11;/h4-7,10H,8-9H2,1-3H3,(H3,14,15,16);1H. The molecule has 1 rings (SSSR count). The summed E-state index contributed by atoms with van der Waals surface area (Å²) in [5.41, 5.74) is 6.94. The fraction of sp³-hybridized carbons (Fsp3) is 0.462. The molecule has 0 radical (unpaired) electrons. The minimum atomic E-state index is 0. The quantitative estimate of drug-likeness (QED) is 0.336. The Balaban J connectivity index is 0.00000324. The molecular formula is C13H22IN3OS. The molecule has 108 valence electrons. The Bertz CT molecular complexity index is 384. The van der Waals surface area contributed by atoms with Gasteiger partial charge in [-0.3, -0.25) is 0 Å². The van der Waals surface area contributed by atoms with Crippen LogP contribution in [0.2, 0.25) is 0 Å². The predicted molar refractivity (Wildman–Crippen MR) is 93.4 cm³/mol. The van der Waals surface area contributed by atoms with Crippen molar-refractivity contribution >= 4 is 41.7 Å². The number of hydrogen-bond donors (Lipinski definition) is 2. The van der Waals surface area contributed by atoms with Crippen LogP contribution in [-0.4, -0.2) is 32.0 Å². The topological polar surface area (TPSA) is 59.6 Å². The van der Waals surface area contributed by atoms with E-state index in [9.17, 15) is 0 Å². The summed E-state index contributed by atoms with van der Waals surface area (Å²) in [6.07, 6.45) is 2.06. The maximum atomic E-state index is 5.79. The minimum absolute atomic E-state index is 0. The number of nitrogens with one attached hydrogen (secondary N) is 1. The van der Waals surface area contributed by atoms with Crippen molar-refractivity contribution in [1.29, 1.82) is 0 Å². The molecule has 0 spiro atoms. The van der Waals surface area contributed by atoms with Gasteiger partial charge in [-0.25, -0.2) is 4.99 Å². The van der Waals surface area contributed by atoms with Crippen LogP contribution in [0.3, 0.4) is 0 Å². The lowest BCUT2D eigenvalue weighted by Gasteiger charge is -2.13. The highest BCUT2D eigenvalue weighted by Crippen LogP contribution is 2.15. The number of methoxy groups -OCH3 is 1. The van der Waals surface area contributed by atoms with E-state index in [0.717, 1.165) is 5.56 Å². The first-order valence-corrected chi connectivity index (χ1v) is 7.06. The number of guanidine groups is 1. The molecule has 1 unspecified atom stereocenters. The van der Waals surface area contributed by atoms with Gasteiger partial charge < -0.3 is 15.8 Å². The number of benzene rings is 1. The summed E-state index contributed by atoms with van der Waals surface area (Å²) in [6.45, 7) is 3.20. The second kappa shape index (κ2) is 10.3. The van der Waals surface area contributed by atoms with Crippen LogP contribution in [0, 0.1) is 0 Å². The van der Waals surface area contributed by atoms with Crippen LogP contribution in [-0.2, 0) is 11.3 Å². The normalized spacial score (nSPS) is 12.7. The summed E-state index contributed by atoms with van der Waals surface area (Å²) < 4.78 is 5.02. The Kier molecular flexibility index (Phi) is 10.1. The number of hydrogen-bond acceptors (Lipinski definition) is 3. The van der Waals surface area contributed by atoms with Crippen molar-refractivity contribution < 1.29 is 4.74 Å². The molecule has 1 atom stereocenters. The third-order valence-corrected chi connectivity index (χ3v) is 3.15. The van der Waals surface area contributed by atoms with Crippen molar-refractivity contribution in [3.63, 3.8) is 0 Å². The van der Waals surface area contributed by atoms with Gasteiger partial charge in [0.25, 0.3) is 0 Å². The van der Waals surface area contributed by atoms with Gasteiger partial charge in [-0.05, 0) is 30.9 Å². The second-order valence-electron chi connectivity index (χ2n) is 4.05. The van der Waals surface area contributed by atoms with Gasteiger partial charge >= 0.3 is 0 Å². The van der Waals surface area contributed by atoms with Crippen molar-refractivity contribution in [1.82, 2.24) is 5.32 Å². The molecule has 19 heavy (non-hydrogen) atoms. The average molecular weight is 395 g/mol. The van der Waals surface area contributed by atoms with Crippen molar-refractivity contribution in [2.24, 2.45) is 10.7 Å². The van der Waals surface area contributed by atoms with Crippen molar-refractivity contribution in [3.05, 3.63) is 29.8 Å². The summed E-state index contributed by atoms with van der Waals surface area (Å²) in [6, 6.07) is 8.49. The molecule has 6 heteroatoms. The molecule has 1 aromatic rings. The Morgan fingerprint density at radius 2 is 2.05 bits per heavy atom. The number of nitrogens with two attached hydrogens (primary N) is 1. The molecule has 1 aromatic carbocycles. The van der Waals surface area contributed by atoms with Gasteiger partial charge in [0, 0.05) is 18.0 Å². The van der Waals surface area contributed by atoms with Gasteiger partial charge in [0.05, 0.1) is 13.2 Å². The van der Waals surface area contributed by atoms with Crippen LogP contribution in [0.5, 0.6) is 0 Å². The van der Waals surface area contributed by atoms with Crippen molar-refractivity contribution in [3.8, 4) is 0 Å². The van der Waals surface area contributed by atoms with E-state index >= 15 is 0 Å². The summed E-state index contributed by atoms with van der Waals surface area (Å²) in [4.78, 5) is 5.55. The lowest BCUT2D eigenvalue weighted by Crippen LogP contribution is -2.40. The molecule has 0 amide bonds. The average Bonchev–Trinajstić information content (AvgIpc) is 2.37. The minimum Gasteiger partial charge on any atom is -0.383 e. The smallest absolute Gasteiger partial charge is 0.189 e. The first kappa shape index (κ1) is 18.5. The van der Waals surface area contributed by atoms with E-state index < -0.39 is 0 Å². The summed E-state index contributed by atoms with van der Waals surface area (Å²) in [5.74, 6) is 0.452. The Hall–Kier alpha value is -0.470. The number of thioether (sulfide) groups is 1. The lowest BCUT2D eigenvalue weighted by atomic mass is 10.2. The SMILES string of the molecule is COCC(C)NC(N)=NCc1ccc(SC)cc1.I. The lowest BCUT2D eigenvalue weighted by molar-refractivity contribution is 0.179. The van der Waals surface area contributed by atoms with Gasteiger partial charge in [0.1, 0.15) is 0 Å². The number of aliphatic imine (C=N–C) groups is 1. The van der Waals surface area contributed by atoms with Gasteiger partial charge in [0.15, 0.2) is 5.96 Å². The molecule has 0 saturated heterocycles. The Labute approximate surface area is 136 Å². The zero-order chi connectivity index (χ0) is 13.4. The molecule has 0 saturated carbocycles. The van der Waals surface area contributed by atoms with E-state index in [4.69, 9.17) is 10.5 Å². The molecule has 3 N–H and O–H groups in total. The van der Waals surface area contributed by atoms with E-state index in [1.807, 2.05) is 6.92 Å². The first-order chi connectivity index (χ1) is 8.65. The fourth-order valence-corrected chi connectivity index (χ4v) is 1.91. The highest BCUT2D eigenvalue weighted by atomic mass is 127. The van der Waals surface area contributed by atoms with Crippen LogP contribution >= 0.6 is 35.7 Å². The molecule has 0 aliphatic carbocycles. The molecule has 0 bridgehead atoms. The summed E-state index contributed by atoms with van der Waals surface area (Å²) in [5, 5.41) is 3.07. The molecule has 0 aliphatic rings. The Morgan fingerprint density at radius 3 is 2.58 bits per heavy atom. The zero-order valence-corrected chi connectivity index (χ0v) is 14.7. The molecule has 0 heterocycles. The van der Waals surface area contributed by atoms with E-state index in [-0.39, 0.29) is 30.0 Å². The van der Waals surface area contributed by atoms with E-state index in [2.05, 4.69) is 40.8 Å². The maximum Gasteiger partial charge on any atom is 0.189 e. The van der Waals surface area contributed by atoms with Crippen LogP contribution in [0.4, 0.5) is 0 Å². The summed E-state index contributed by atoms with van der Waals surface area (Å²) in [7, 11) is 1.67. The van der Waals surface area contributed by atoms with E-state index in [1.54, 1.807) is 18.9 Å². The molecular weight excluding hydrogens is 373 g/mol.